The Balaban J connectivity index is 1.83. The number of carbonyl (C=O) groups excluding carboxylic acids is 1. The van der Waals surface area contributed by atoms with Crippen LogP contribution in [0.2, 0.25) is 0 Å². The molecule has 1 aromatic heterocycles. The monoisotopic (exact) mass is 424 g/mol. The fourth-order valence-electron chi connectivity index (χ4n) is 3.37. The van der Waals surface area contributed by atoms with Crippen LogP contribution in [0.3, 0.4) is 0 Å². The van der Waals surface area contributed by atoms with Crippen molar-refractivity contribution < 1.29 is 9.53 Å². The maximum Gasteiger partial charge on any atom is 0.254 e. The van der Waals surface area contributed by atoms with Gasteiger partial charge in [-0.3, -0.25) is 4.79 Å². The molecular weight excluding hydrogens is 404 g/mol. The smallest absolute Gasteiger partial charge is 0.254 e. The third kappa shape index (κ3) is 3.75. The highest BCUT2D eigenvalue weighted by molar-refractivity contribution is 9.10. The summed E-state index contributed by atoms with van der Waals surface area (Å²) in [5, 5.41) is 0.870. The number of aromatic nitrogens is 1. The summed E-state index contributed by atoms with van der Waals surface area (Å²) in [5.74, 6) is 0.0372. The van der Waals surface area contributed by atoms with E-state index in [1.165, 1.54) is 5.56 Å². The van der Waals surface area contributed by atoms with Gasteiger partial charge in [0.1, 0.15) is 0 Å². The maximum absolute atomic E-state index is 13.2. The third-order valence-corrected chi connectivity index (χ3v) is 5.45. The third-order valence-electron chi connectivity index (χ3n) is 4.96. The van der Waals surface area contributed by atoms with Crippen molar-refractivity contribution in [2.45, 2.75) is 13.3 Å². The van der Waals surface area contributed by atoms with Gasteiger partial charge in [-0.15, -0.1) is 0 Å². The Labute approximate surface area is 167 Å². The number of nitrogens with zero attached hydrogens (tertiary/aromatic N) is 2. The first-order valence-corrected chi connectivity index (χ1v) is 10.0. The van der Waals surface area contributed by atoms with Crippen LogP contribution in [0.15, 0.2) is 53.0 Å². The molecule has 0 saturated carbocycles. The van der Waals surface area contributed by atoms with Crippen molar-refractivity contribution in [1.82, 2.24) is 9.88 Å². The molecule has 27 heavy (non-hydrogen) atoms. The van der Waals surface area contributed by atoms with Gasteiger partial charge < -0.3 is 9.64 Å². The number of amides is 1. The average Bonchev–Trinajstić information content (AvgIpc) is 2.73. The average molecular weight is 425 g/mol. The van der Waals surface area contributed by atoms with Gasteiger partial charge >= 0.3 is 0 Å². The summed E-state index contributed by atoms with van der Waals surface area (Å²) in [6, 6.07) is 16.2. The van der Waals surface area contributed by atoms with Crippen molar-refractivity contribution in [3.63, 3.8) is 0 Å². The van der Waals surface area contributed by atoms with E-state index in [0.717, 1.165) is 33.1 Å². The van der Waals surface area contributed by atoms with Gasteiger partial charge in [-0.1, -0.05) is 47.1 Å². The van der Waals surface area contributed by atoms with Gasteiger partial charge in [-0.2, -0.15) is 0 Å². The van der Waals surface area contributed by atoms with E-state index in [-0.39, 0.29) is 5.91 Å². The lowest BCUT2D eigenvalue weighted by Crippen LogP contribution is -2.40. The summed E-state index contributed by atoms with van der Waals surface area (Å²) in [4.78, 5) is 19.9. The minimum absolute atomic E-state index is 0.0372. The molecule has 3 aromatic rings. The van der Waals surface area contributed by atoms with Crippen LogP contribution >= 0.6 is 15.9 Å². The van der Waals surface area contributed by atoms with Gasteiger partial charge in [0.05, 0.1) is 30.0 Å². The zero-order valence-electron chi connectivity index (χ0n) is 15.2. The van der Waals surface area contributed by atoms with Gasteiger partial charge in [-0.25, -0.2) is 4.98 Å². The van der Waals surface area contributed by atoms with Crippen LogP contribution < -0.4 is 0 Å². The number of carbonyl (C=O) groups is 1. The molecular formula is C22H21BrN2O2. The number of aryl methyl sites for hydroxylation is 1. The minimum Gasteiger partial charge on any atom is -0.378 e. The van der Waals surface area contributed by atoms with E-state index in [4.69, 9.17) is 9.72 Å². The molecule has 1 aliphatic rings. The number of ether oxygens (including phenoxy) is 1. The molecule has 4 rings (SSSR count). The lowest BCUT2D eigenvalue weighted by Gasteiger charge is -2.27. The van der Waals surface area contributed by atoms with Crippen molar-refractivity contribution in [3.05, 3.63) is 64.1 Å². The van der Waals surface area contributed by atoms with Crippen molar-refractivity contribution in [1.29, 1.82) is 0 Å². The molecule has 0 aliphatic carbocycles. The molecule has 0 radical (unpaired) electrons. The molecule has 1 aliphatic heterocycles. The molecule has 2 aromatic carbocycles. The highest BCUT2D eigenvalue weighted by Crippen LogP contribution is 2.28. The molecule has 0 spiro atoms. The number of morpholine rings is 1. The number of halogens is 1. The fraction of sp³-hybridized carbons (Fsp3) is 0.273. The predicted octanol–water partition coefficient (Wildman–Crippen LogP) is 4.70. The van der Waals surface area contributed by atoms with Gasteiger partial charge in [0.25, 0.3) is 5.91 Å². The quantitative estimate of drug-likeness (QED) is 0.611. The second-order valence-electron chi connectivity index (χ2n) is 6.67. The summed E-state index contributed by atoms with van der Waals surface area (Å²) in [6.45, 7) is 4.56. The van der Waals surface area contributed by atoms with Crippen LogP contribution in [0.5, 0.6) is 0 Å². The number of benzene rings is 2. The van der Waals surface area contributed by atoms with Crippen LogP contribution in [-0.2, 0) is 11.2 Å². The summed E-state index contributed by atoms with van der Waals surface area (Å²) < 4.78 is 6.33. The molecule has 0 atom stereocenters. The Hall–Kier alpha value is -2.24. The molecule has 138 valence electrons. The highest BCUT2D eigenvalue weighted by atomic mass is 79.9. The van der Waals surface area contributed by atoms with Crippen LogP contribution in [0.4, 0.5) is 0 Å². The summed E-state index contributed by atoms with van der Waals surface area (Å²) in [6.07, 6.45) is 1.00. The Bertz CT molecular complexity index is 980. The Kier molecular flexibility index (Phi) is 5.23. The molecule has 0 bridgehead atoms. The zero-order chi connectivity index (χ0) is 18.8. The Morgan fingerprint density at radius 2 is 1.85 bits per heavy atom. The lowest BCUT2D eigenvalue weighted by molar-refractivity contribution is 0.0304. The number of hydrogen-bond acceptors (Lipinski definition) is 3. The largest absolute Gasteiger partial charge is 0.378 e. The van der Waals surface area contributed by atoms with Crippen LogP contribution in [0, 0.1) is 0 Å². The zero-order valence-corrected chi connectivity index (χ0v) is 16.8. The SMILES string of the molecule is CCc1ccc(-c2cc(C(=O)N3CCOCC3)c3cc(Br)ccc3n2)cc1. The van der Waals surface area contributed by atoms with E-state index >= 15 is 0 Å². The van der Waals surface area contributed by atoms with Crippen molar-refractivity contribution in [2.24, 2.45) is 0 Å². The van der Waals surface area contributed by atoms with E-state index in [9.17, 15) is 4.79 Å². The van der Waals surface area contributed by atoms with Gasteiger partial charge in [0, 0.05) is 28.5 Å². The standard InChI is InChI=1S/C22H21BrN2O2/c1-2-15-3-5-16(6-4-15)21-14-19(22(26)25-9-11-27-12-10-25)18-13-17(23)7-8-20(18)24-21/h3-8,13-14H,2,9-12H2,1H3. The van der Waals surface area contributed by atoms with E-state index in [1.54, 1.807) is 0 Å². The molecule has 0 unspecified atom stereocenters. The second-order valence-corrected chi connectivity index (χ2v) is 7.59. The van der Waals surface area contributed by atoms with Crippen LogP contribution in [-0.4, -0.2) is 42.1 Å². The first-order chi connectivity index (χ1) is 13.2. The van der Waals surface area contributed by atoms with Crippen molar-refractivity contribution in [2.75, 3.05) is 26.3 Å². The molecule has 1 amide bonds. The molecule has 5 heteroatoms. The molecule has 2 heterocycles. The number of fused-ring (bicyclic) bond motifs is 1. The number of pyridine rings is 1. The summed E-state index contributed by atoms with van der Waals surface area (Å²) in [5.41, 5.74) is 4.65. The normalized spacial score (nSPS) is 14.5. The topological polar surface area (TPSA) is 42.4 Å². The van der Waals surface area contributed by atoms with Gasteiger partial charge in [0.2, 0.25) is 0 Å². The first kappa shape index (κ1) is 18.1. The summed E-state index contributed by atoms with van der Waals surface area (Å²) >= 11 is 3.52. The van der Waals surface area contributed by atoms with E-state index in [2.05, 4.69) is 47.1 Å². The second kappa shape index (κ2) is 7.79. The lowest BCUT2D eigenvalue weighted by atomic mass is 10.0. The van der Waals surface area contributed by atoms with Crippen LogP contribution in [0.25, 0.3) is 22.2 Å². The molecule has 1 saturated heterocycles. The fourth-order valence-corrected chi connectivity index (χ4v) is 3.73. The molecule has 0 N–H and O–H groups in total. The first-order valence-electron chi connectivity index (χ1n) is 9.22. The summed E-state index contributed by atoms with van der Waals surface area (Å²) in [7, 11) is 0. The number of hydrogen-bond donors (Lipinski definition) is 0. The number of rotatable bonds is 3. The Morgan fingerprint density at radius 3 is 2.56 bits per heavy atom. The van der Waals surface area contributed by atoms with E-state index < -0.39 is 0 Å². The molecule has 4 nitrogen and oxygen atoms in total. The van der Waals surface area contributed by atoms with E-state index in [0.29, 0.717) is 31.9 Å². The van der Waals surface area contributed by atoms with Gasteiger partial charge in [-0.05, 0) is 36.2 Å². The predicted molar refractivity (Wildman–Crippen MR) is 111 cm³/mol. The van der Waals surface area contributed by atoms with Crippen LogP contribution in [0.1, 0.15) is 22.8 Å². The highest BCUT2D eigenvalue weighted by Gasteiger charge is 2.22. The maximum atomic E-state index is 13.2. The van der Waals surface area contributed by atoms with Gasteiger partial charge in [0.15, 0.2) is 0 Å². The Morgan fingerprint density at radius 1 is 1.11 bits per heavy atom. The van der Waals surface area contributed by atoms with E-state index in [1.807, 2.05) is 29.2 Å². The minimum atomic E-state index is 0.0372. The van der Waals surface area contributed by atoms with Crippen molar-refractivity contribution in [3.8, 4) is 11.3 Å². The van der Waals surface area contributed by atoms with Crippen molar-refractivity contribution >= 4 is 32.7 Å². The molecule has 1 fully saturated rings.